The number of benzene rings is 1. The number of fused-ring (bicyclic) bond motifs is 1. The molecule has 2 aliphatic heterocycles. The van der Waals surface area contributed by atoms with Gasteiger partial charge in [0.2, 0.25) is 0 Å². The molecule has 1 aromatic heterocycles. The van der Waals surface area contributed by atoms with Gasteiger partial charge >= 0.3 is 6.36 Å². The number of halogens is 3. The summed E-state index contributed by atoms with van der Waals surface area (Å²) in [6.07, 6.45) is -0.471. The van der Waals surface area contributed by atoms with Gasteiger partial charge in [-0.05, 0) is 48.7 Å². The molecule has 1 fully saturated rings. The maximum atomic E-state index is 12.9. The molecule has 1 atom stereocenters. The fourth-order valence-electron chi connectivity index (χ4n) is 5.49. The highest BCUT2D eigenvalue weighted by atomic mass is 19.4. The molecule has 10 heteroatoms. The van der Waals surface area contributed by atoms with Gasteiger partial charge in [-0.3, -0.25) is 9.69 Å². The van der Waals surface area contributed by atoms with Gasteiger partial charge in [-0.25, -0.2) is 0 Å². The molecule has 0 spiro atoms. The molecule has 2 N–H and O–H groups in total. The first-order valence-corrected chi connectivity index (χ1v) is 13.0. The van der Waals surface area contributed by atoms with Gasteiger partial charge in [0.25, 0.3) is 5.91 Å². The molecule has 1 unspecified atom stereocenters. The highest BCUT2D eigenvalue weighted by Crippen LogP contribution is 2.40. The van der Waals surface area contributed by atoms with E-state index >= 15 is 0 Å². The van der Waals surface area contributed by atoms with Crippen LogP contribution in [0.15, 0.2) is 48.2 Å². The van der Waals surface area contributed by atoms with E-state index in [-0.39, 0.29) is 30.7 Å². The van der Waals surface area contributed by atoms with Crippen LogP contribution in [0.1, 0.15) is 46.9 Å². The molecule has 204 valence electrons. The number of likely N-dealkylation sites (N-methyl/N-ethyl adjacent to an activating group) is 1. The molecular weight excluding hydrogens is 497 g/mol. The number of carbonyl (C=O) groups is 1. The number of aliphatic hydroxyl groups is 1. The first-order chi connectivity index (χ1) is 18.2. The molecule has 0 bridgehead atoms. The van der Waals surface area contributed by atoms with Crippen LogP contribution in [-0.2, 0) is 11.3 Å². The average molecular weight is 531 g/mol. The molecule has 7 nitrogen and oxygen atoms in total. The second-order valence-corrected chi connectivity index (χ2v) is 10.2. The first-order valence-electron chi connectivity index (χ1n) is 13.0. The predicted molar refractivity (Wildman–Crippen MR) is 138 cm³/mol. The summed E-state index contributed by atoms with van der Waals surface area (Å²) in [4.78, 5) is 17.6. The average Bonchev–Trinajstić information content (AvgIpc) is 3.29. The zero-order chi connectivity index (χ0) is 26.9. The maximum Gasteiger partial charge on any atom is 0.572 e. The van der Waals surface area contributed by atoms with Gasteiger partial charge in [0.05, 0.1) is 11.7 Å². The van der Waals surface area contributed by atoms with Crippen molar-refractivity contribution in [1.29, 1.82) is 0 Å². The van der Waals surface area contributed by atoms with Crippen LogP contribution in [0.2, 0.25) is 0 Å². The van der Waals surface area contributed by atoms with Crippen LogP contribution < -0.4 is 5.32 Å². The minimum atomic E-state index is -4.76. The van der Waals surface area contributed by atoms with Crippen LogP contribution in [0.4, 0.5) is 13.2 Å². The predicted octanol–water partition coefficient (Wildman–Crippen LogP) is 4.17. The zero-order valence-corrected chi connectivity index (χ0v) is 21.4. The Balaban J connectivity index is 1.53. The van der Waals surface area contributed by atoms with Crippen molar-refractivity contribution in [3.05, 3.63) is 65.1 Å². The Morgan fingerprint density at radius 2 is 1.87 bits per heavy atom. The monoisotopic (exact) mass is 530 g/mol. The van der Waals surface area contributed by atoms with Crippen LogP contribution in [0, 0.1) is 0 Å². The summed E-state index contributed by atoms with van der Waals surface area (Å²) in [6, 6.07) is 9.74. The van der Waals surface area contributed by atoms with Crippen molar-refractivity contribution >= 4 is 11.5 Å². The first kappa shape index (κ1) is 26.5. The molecule has 3 aliphatic rings. The lowest BCUT2D eigenvalue weighted by Crippen LogP contribution is -2.43. The molecule has 1 amide bonds. The minimum Gasteiger partial charge on any atom is -0.410 e. The Labute approximate surface area is 220 Å². The SMILES string of the molecule is CN1CCN(Cc2ccc(-c3c(C4=CCCC(OC(F)(F)F)=C4)cc4n3C(CCO)CNC4=O)cc2)CC1. The molecule has 5 rings (SSSR count). The Kier molecular flexibility index (Phi) is 7.65. The minimum absolute atomic E-state index is 0.0525. The van der Waals surface area contributed by atoms with E-state index in [4.69, 9.17) is 0 Å². The molecule has 2 aromatic rings. The van der Waals surface area contributed by atoms with Gasteiger partial charge in [0.1, 0.15) is 11.5 Å². The summed E-state index contributed by atoms with van der Waals surface area (Å²) < 4.78 is 45.0. The molecular formula is C28H33F3N4O3. The second-order valence-electron chi connectivity index (χ2n) is 10.2. The zero-order valence-electron chi connectivity index (χ0n) is 21.4. The topological polar surface area (TPSA) is 70.0 Å². The van der Waals surface area contributed by atoms with Crippen LogP contribution in [0.5, 0.6) is 0 Å². The van der Waals surface area contributed by atoms with E-state index in [1.54, 1.807) is 6.07 Å². The molecule has 1 aliphatic carbocycles. The Bertz CT molecular complexity index is 1230. The van der Waals surface area contributed by atoms with E-state index in [0.29, 0.717) is 36.2 Å². The highest BCUT2D eigenvalue weighted by molar-refractivity contribution is 5.98. The lowest BCUT2D eigenvalue weighted by molar-refractivity contribution is -0.306. The second kappa shape index (κ2) is 11.0. The van der Waals surface area contributed by atoms with Gasteiger partial charge in [-0.15, -0.1) is 13.2 Å². The van der Waals surface area contributed by atoms with Crippen LogP contribution >= 0.6 is 0 Å². The normalized spacial score (nSPS) is 21.0. The summed E-state index contributed by atoms with van der Waals surface area (Å²) in [7, 11) is 2.13. The Morgan fingerprint density at radius 1 is 1.13 bits per heavy atom. The number of aliphatic hydroxyl groups excluding tert-OH is 1. The molecule has 0 saturated carbocycles. The van der Waals surface area contributed by atoms with Gasteiger partial charge in [0.15, 0.2) is 0 Å². The number of nitrogens with zero attached hydrogens (tertiary/aromatic N) is 3. The molecule has 38 heavy (non-hydrogen) atoms. The maximum absolute atomic E-state index is 12.9. The highest BCUT2D eigenvalue weighted by Gasteiger charge is 2.34. The van der Waals surface area contributed by atoms with Crippen molar-refractivity contribution in [2.24, 2.45) is 0 Å². The Morgan fingerprint density at radius 3 is 2.55 bits per heavy atom. The number of alkyl halides is 3. The van der Waals surface area contributed by atoms with E-state index in [1.165, 1.54) is 11.6 Å². The van der Waals surface area contributed by atoms with Gasteiger partial charge in [-0.1, -0.05) is 30.3 Å². The van der Waals surface area contributed by atoms with Crippen LogP contribution in [0.3, 0.4) is 0 Å². The van der Waals surface area contributed by atoms with E-state index in [0.717, 1.165) is 44.0 Å². The van der Waals surface area contributed by atoms with E-state index in [2.05, 4.69) is 39.0 Å². The summed E-state index contributed by atoms with van der Waals surface area (Å²) >= 11 is 0. The third-order valence-electron chi connectivity index (χ3n) is 7.45. The molecule has 0 radical (unpaired) electrons. The number of nitrogens with one attached hydrogen (secondary N) is 1. The number of allylic oxidation sites excluding steroid dienone is 4. The van der Waals surface area contributed by atoms with E-state index in [1.807, 2.05) is 22.8 Å². The van der Waals surface area contributed by atoms with Crippen molar-refractivity contribution in [1.82, 2.24) is 19.7 Å². The summed E-state index contributed by atoms with van der Waals surface area (Å²) in [5, 5.41) is 12.6. The Hall–Kier alpha value is -3.08. The summed E-state index contributed by atoms with van der Waals surface area (Å²) in [5.41, 5.74) is 4.49. The quantitative estimate of drug-likeness (QED) is 0.563. The van der Waals surface area contributed by atoms with Crippen LogP contribution in [-0.4, -0.2) is 78.1 Å². The number of piperazine rings is 1. The van der Waals surface area contributed by atoms with Crippen molar-refractivity contribution in [3.63, 3.8) is 0 Å². The third kappa shape index (κ3) is 5.82. The standard InChI is InChI=1S/C28H33F3N4O3/c1-33-10-12-34(13-11-33)18-19-5-7-20(8-6-19)26-24(21-3-2-4-23(15-21)38-28(29,30)31)16-25-27(37)32-17-22(9-14-36)35(25)26/h3,5-8,15-16,22,36H,2,4,9-14,17-18H2,1H3,(H,32,37). The fourth-order valence-corrected chi connectivity index (χ4v) is 5.49. The number of hydrogen-bond acceptors (Lipinski definition) is 5. The molecule has 1 saturated heterocycles. The number of hydrogen-bond donors (Lipinski definition) is 2. The number of amides is 1. The van der Waals surface area contributed by atoms with Crippen LogP contribution in [0.25, 0.3) is 16.8 Å². The number of ether oxygens (including phenoxy) is 1. The third-order valence-corrected chi connectivity index (χ3v) is 7.45. The van der Waals surface area contributed by atoms with E-state index in [9.17, 15) is 23.1 Å². The smallest absolute Gasteiger partial charge is 0.410 e. The van der Waals surface area contributed by atoms with Crippen molar-refractivity contribution in [3.8, 4) is 11.3 Å². The van der Waals surface area contributed by atoms with Crippen molar-refractivity contribution in [2.75, 3.05) is 46.4 Å². The summed E-state index contributed by atoms with van der Waals surface area (Å²) in [6.45, 7) is 5.25. The largest absolute Gasteiger partial charge is 0.572 e. The number of carbonyl (C=O) groups excluding carboxylic acids is 1. The van der Waals surface area contributed by atoms with Gasteiger partial charge < -0.3 is 24.6 Å². The molecule has 3 heterocycles. The van der Waals surface area contributed by atoms with Crippen molar-refractivity contribution < 1.29 is 27.8 Å². The number of aromatic nitrogens is 1. The molecule has 1 aromatic carbocycles. The fraction of sp³-hybridized carbons (Fsp3) is 0.464. The van der Waals surface area contributed by atoms with Crippen molar-refractivity contribution in [2.45, 2.75) is 38.2 Å². The van der Waals surface area contributed by atoms with Gasteiger partial charge in [0, 0.05) is 57.9 Å². The lowest BCUT2D eigenvalue weighted by Gasteiger charge is -2.32. The van der Waals surface area contributed by atoms with Gasteiger partial charge in [-0.2, -0.15) is 0 Å². The lowest BCUT2D eigenvalue weighted by atomic mass is 9.95. The number of rotatable bonds is 7. The summed E-state index contributed by atoms with van der Waals surface area (Å²) in [5.74, 6) is -0.394. The van der Waals surface area contributed by atoms with E-state index < -0.39 is 6.36 Å².